The van der Waals surface area contributed by atoms with E-state index in [1.807, 2.05) is 0 Å². The standard InChI is InChI=1S/C16H13Cl3N2O4S/c1-10(22)20-11-5-7-12(8-6-11)26(24,25)21(9-15(19)23)16-13(17)3-2-4-14(16)18/h2-8H,9H2,1H3,(H,20,22). The molecule has 0 fully saturated rings. The summed E-state index contributed by atoms with van der Waals surface area (Å²) < 4.78 is 26.8. The van der Waals surface area contributed by atoms with Crippen LogP contribution in [0.2, 0.25) is 10.0 Å². The van der Waals surface area contributed by atoms with Crippen LogP contribution in [0.5, 0.6) is 0 Å². The van der Waals surface area contributed by atoms with Gasteiger partial charge in [0.1, 0.15) is 6.54 Å². The Morgan fingerprint density at radius 2 is 1.58 bits per heavy atom. The summed E-state index contributed by atoms with van der Waals surface area (Å²) in [6.07, 6.45) is 0. The van der Waals surface area contributed by atoms with Gasteiger partial charge in [-0.3, -0.25) is 13.9 Å². The van der Waals surface area contributed by atoms with Gasteiger partial charge in [0.25, 0.3) is 10.0 Å². The maximum absolute atomic E-state index is 13.0. The topological polar surface area (TPSA) is 83.6 Å². The molecule has 138 valence electrons. The van der Waals surface area contributed by atoms with Crippen molar-refractivity contribution < 1.29 is 18.0 Å². The van der Waals surface area contributed by atoms with E-state index in [1.54, 1.807) is 6.07 Å². The lowest BCUT2D eigenvalue weighted by Crippen LogP contribution is -2.35. The third-order valence-corrected chi connectivity index (χ3v) is 5.71. The summed E-state index contributed by atoms with van der Waals surface area (Å²) in [4.78, 5) is 22.4. The minimum atomic E-state index is -4.19. The second-order valence-electron chi connectivity index (χ2n) is 5.14. The number of rotatable bonds is 6. The van der Waals surface area contributed by atoms with Gasteiger partial charge in [0, 0.05) is 12.6 Å². The maximum Gasteiger partial charge on any atom is 0.264 e. The second kappa shape index (κ2) is 8.26. The lowest BCUT2D eigenvalue weighted by molar-refractivity contribution is -0.114. The Kier molecular flexibility index (Phi) is 6.52. The SMILES string of the molecule is CC(=O)Nc1ccc(S(=O)(=O)N(CC(=O)Cl)c2c(Cl)cccc2Cl)cc1. The first-order valence-corrected chi connectivity index (χ1v) is 9.73. The van der Waals surface area contributed by atoms with Crippen molar-refractivity contribution in [2.45, 2.75) is 11.8 Å². The van der Waals surface area contributed by atoms with Gasteiger partial charge >= 0.3 is 0 Å². The molecule has 26 heavy (non-hydrogen) atoms. The van der Waals surface area contributed by atoms with E-state index in [4.69, 9.17) is 34.8 Å². The number of nitrogens with one attached hydrogen (secondary N) is 1. The molecule has 0 aliphatic carbocycles. The molecule has 0 radical (unpaired) electrons. The zero-order chi connectivity index (χ0) is 19.5. The molecule has 0 spiro atoms. The molecule has 2 aromatic carbocycles. The predicted molar refractivity (Wildman–Crippen MR) is 103 cm³/mol. The molecular weight excluding hydrogens is 423 g/mol. The number of hydrogen-bond donors (Lipinski definition) is 1. The molecule has 2 aromatic rings. The van der Waals surface area contributed by atoms with Crippen LogP contribution in [0.4, 0.5) is 11.4 Å². The van der Waals surface area contributed by atoms with Crippen LogP contribution in [0.1, 0.15) is 6.92 Å². The molecule has 0 aliphatic rings. The van der Waals surface area contributed by atoms with Gasteiger partial charge in [-0.05, 0) is 48.0 Å². The molecule has 0 aromatic heterocycles. The van der Waals surface area contributed by atoms with Crippen molar-refractivity contribution in [3.63, 3.8) is 0 Å². The normalized spacial score (nSPS) is 11.1. The average Bonchev–Trinajstić information content (AvgIpc) is 2.53. The van der Waals surface area contributed by atoms with Crippen LogP contribution in [0.15, 0.2) is 47.4 Å². The van der Waals surface area contributed by atoms with Crippen molar-refractivity contribution >= 4 is 67.4 Å². The molecule has 0 heterocycles. The molecule has 2 rings (SSSR count). The summed E-state index contributed by atoms with van der Waals surface area (Å²) in [5.41, 5.74) is 0.378. The molecule has 0 aliphatic heterocycles. The Morgan fingerprint density at radius 1 is 1.04 bits per heavy atom. The Bertz CT molecular complexity index is 926. The summed E-state index contributed by atoms with van der Waals surface area (Å²) in [6.45, 7) is 0.679. The first-order valence-electron chi connectivity index (χ1n) is 7.15. The number of halogens is 3. The van der Waals surface area contributed by atoms with Gasteiger partial charge in [-0.25, -0.2) is 8.42 Å². The molecule has 1 amide bonds. The van der Waals surface area contributed by atoms with Crippen molar-refractivity contribution in [3.8, 4) is 0 Å². The highest BCUT2D eigenvalue weighted by Gasteiger charge is 2.30. The third-order valence-electron chi connectivity index (χ3n) is 3.22. The lowest BCUT2D eigenvalue weighted by atomic mass is 10.3. The van der Waals surface area contributed by atoms with E-state index < -0.39 is 21.8 Å². The van der Waals surface area contributed by atoms with Gasteiger partial charge in [0.15, 0.2) is 0 Å². The number of para-hydroxylation sites is 1. The van der Waals surface area contributed by atoms with Crippen LogP contribution < -0.4 is 9.62 Å². The number of sulfonamides is 1. The summed E-state index contributed by atoms with van der Waals surface area (Å²) in [5, 5.41) is 1.73. The average molecular weight is 436 g/mol. The van der Waals surface area contributed by atoms with Gasteiger partial charge in [-0.1, -0.05) is 29.3 Å². The Balaban J connectivity index is 2.53. The van der Waals surface area contributed by atoms with Crippen molar-refractivity contribution in [1.82, 2.24) is 0 Å². The van der Waals surface area contributed by atoms with Crippen LogP contribution in [-0.4, -0.2) is 26.1 Å². The minimum absolute atomic E-state index is 0.0456. The van der Waals surface area contributed by atoms with Gasteiger partial charge in [-0.2, -0.15) is 0 Å². The lowest BCUT2D eigenvalue weighted by Gasteiger charge is -2.25. The zero-order valence-corrected chi connectivity index (χ0v) is 16.5. The number of nitrogens with zero attached hydrogens (tertiary/aromatic N) is 1. The monoisotopic (exact) mass is 434 g/mol. The van der Waals surface area contributed by atoms with E-state index in [9.17, 15) is 18.0 Å². The molecule has 0 saturated heterocycles. The number of hydrogen-bond acceptors (Lipinski definition) is 4. The number of amides is 1. The summed E-state index contributed by atoms with van der Waals surface area (Å²) in [7, 11) is -4.19. The van der Waals surface area contributed by atoms with Gasteiger partial charge in [0.2, 0.25) is 11.1 Å². The molecule has 6 nitrogen and oxygen atoms in total. The predicted octanol–water partition coefficient (Wildman–Crippen LogP) is 3.91. The zero-order valence-electron chi connectivity index (χ0n) is 13.4. The van der Waals surface area contributed by atoms with Crippen molar-refractivity contribution in [2.24, 2.45) is 0 Å². The van der Waals surface area contributed by atoms with Crippen LogP contribution in [-0.2, 0) is 19.6 Å². The smallest absolute Gasteiger partial charge is 0.264 e. The van der Waals surface area contributed by atoms with Crippen LogP contribution in [0, 0.1) is 0 Å². The fraction of sp³-hybridized carbons (Fsp3) is 0.125. The van der Waals surface area contributed by atoms with Crippen LogP contribution in [0.25, 0.3) is 0 Å². The largest absolute Gasteiger partial charge is 0.326 e. The molecular formula is C16H13Cl3N2O4S. The van der Waals surface area contributed by atoms with Crippen molar-refractivity contribution in [3.05, 3.63) is 52.5 Å². The maximum atomic E-state index is 13.0. The van der Waals surface area contributed by atoms with E-state index in [0.717, 1.165) is 4.31 Å². The highest BCUT2D eigenvalue weighted by atomic mass is 35.5. The van der Waals surface area contributed by atoms with Crippen LogP contribution >= 0.6 is 34.8 Å². The van der Waals surface area contributed by atoms with Gasteiger partial charge < -0.3 is 5.32 Å². The third kappa shape index (κ3) is 4.67. The highest BCUT2D eigenvalue weighted by Crippen LogP contribution is 2.37. The molecule has 10 heteroatoms. The van der Waals surface area contributed by atoms with E-state index in [2.05, 4.69) is 5.32 Å². The fourth-order valence-electron chi connectivity index (χ4n) is 2.17. The van der Waals surface area contributed by atoms with E-state index in [-0.39, 0.29) is 26.5 Å². The number of carbonyl (C=O) groups excluding carboxylic acids is 2. The molecule has 0 unspecified atom stereocenters. The second-order valence-corrected chi connectivity index (χ2v) is 8.24. The van der Waals surface area contributed by atoms with Crippen molar-refractivity contribution in [1.29, 1.82) is 0 Å². The Hall–Kier alpha value is -1.80. The number of anilines is 2. The van der Waals surface area contributed by atoms with Gasteiger partial charge in [-0.15, -0.1) is 0 Å². The first kappa shape index (κ1) is 20.5. The molecule has 0 atom stereocenters. The minimum Gasteiger partial charge on any atom is -0.326 e. The van der Waals surface area contributed by atoms with E-state index in [0.29, 0.717) is 5.69 Å². The van der Waals surface area contributed by atoms with Crippen LogP contribution in [0.3, 0.4) is 0 Å². The number of benzene rings is 2. The quantitative estimate of drug-likeness (QED) is 0.697. The summed E-state index contributed by atoms with van der Waals surface area (Å²) in [6, 6.07) is 9.86. The fourth-order valence-corrected chi connectivity index (χ4v) is 4.52. The molecule has 0 saturated carbocycles. The number of carbonyl (C=O) groups is 2. The Morgan fingerprint density at radius 3 is 2.04 bits per heavy atom. The van der Waals surface area contributed by atoms with Gasteiger partial charge in [0.05, 0.1) is 20.6 Å². The Labute approximate surface area is 165 Å². The summed E-state index contributed by atoms with van der Waals surface area (Å²) in [5.74, 6) is -0.294. The highest BCUT2D eigenvalue weighted by molar-refractivity contribution is 7.93. The first-order chi connectivity index (χ1) is 12.1. The van der Waals surface area contributed by atoms with E-state index >= 15 is 0 Å². The molecule has 0 bridgehead atoms. The van der Waals surface area contributed by atoms with E-state index in [1.165, 1.54) is 43.3 Å². The summed E-state index contributed by atoms with van der Waals surface area (Å²) >= 11 is 17.6. The molecule has 1 N–H and O–H groups in total. The van der Waals surface area contributed by atoms with Crippen molar-refractivity contribution in [2.75, 3.05) is 16.2 Å².